The van der Waals surface area contributed by atoms with Gasteiger partial charge in [-0.25, -0.2) is 9.37 Å². The molecule has 0 aliphatic heterocycles. The molecule has 3 aromatic rings. The second kappa shape index (κ2) is 4.97. The van der Waals surface area contributed by atoms with Gasteiger partial charge in [0.1, 0.15) is 17.2 Å². The molecule has 0 fully saturated rings. The van der Waals surface area contributed by atoms with Crippen molar-refractivity contribution in [3.8, 4) is 0 Å². The molecule has 0 saturated heterocycles. The lowest BCUT2D eigenvalue weighted by Gasteiger charge is -2.05. The van der Waals surface area contributed by atoms with Gasteiger partial charge < -0.3 is 0 Å². The molecule has 0 aliphatic rings. The highest BCUT2D eigenvalue weighted by Crippen LogP contribution is 2.23. The molecule has 0 spiro atoms. The summed E-state index contributed by atoms with van der Waals surface area (Å²) in [5.41, 5.74) is 1.83. The number of thioether (sulfide) groups is 1. The van der Waals surface area contributed by atoms with Crippen LogP contribution >= 0.6 is 11.8 Å². The average Bonchev–Trinajstić information content (AvgIpc) is 2.84. The Bertz CT molecular complexity index is 725. The minimum Gasteiger partial charge on any atom is -0.216 e. The van der Waals surface area contributed by atoms with Crippen LogP contribution in [0.1, 0.15) is 11.3 Å². The van der Waals surface area contributed by atoms with Crippen molar-refractivity contribution in [1.82, 2.24) is 19.6 Å². The van der Waals surface area contributed by atoms with Gasteiger partial charge in [0.05, 0.1) is 0 Å². The maximum absolute atomic E-state index is 13.1. The summed E-state index contributed by atoms with van der Waals surface area (Å²) in [5.74, 6) is 1.05. The summed E-state index contributed by atoms with van der Waals surface area (Å²) in [6.07, 6.45) is 1.48. The van der Waals surface area contributed by atoms with Crippen LogP contribution in [0.25, 0.3) is 5.78 Å². The second-order valence-corrected chi connectivity index (χ2v) is 5.12. The Morgan fingerprint density at radius 2 is 2.21 bits per heavy atom. The van der Waals surface area contributed by atoms with Gasteiger partial charge in [-0.2, -0.15) is 14.6 Å². The predicted molar refractivity (Wildman–Crippen MR) is 71.5 cm³/mol. The van der Waals surface area contributed by atoms with E-state index >= 15 is 0 Å². The van der Waals surface area contributed by atoms with Gasteiger partial charge in [0.2, 0.25) is 0 Å². The zero-order valence-corrected chi connectivity index (χ0v) is 11.1. The van der Waals surface area contributed by atoms with E-state index in [-0.39, 0.29) is 5.82 Å². The van der Waals surface area contributed by atoms with Crippen LogP contribution in [0.4, 0.5) is 4.39 Å². The molecule has 0 N–H and O–H groups in total. The Hall–Kier alpha value is -1.95. The standard InChI is InChI=1S/C13H11FN4S/c1-9-5-12(18-13(17-9)15-8-16-18)19-7-10-3-2-4-11(14)6-10/h2-6,8H,7H2,1H3. The highest BCUT2D eigenvalue weighted by atomic mass is 32.2. The lowest BCUT2D eigenvalue weighted by atomic mass is 10.2. The highest BCUT2D eigenvalue weighted by molar-refractivity contribution is 7.98. The van der Waals surface area contributed by atoms with Crippen LogP contribution in [0.15, 0.2) is 41.7 Å². The monoisotopic (exact) mass is 274 g/mol. The normalized spacial score (nSPS) is 11.1. The van der Waals surface area contributed by atoms with E-state index in [1.165, 1.54) is 12.4 Å². The Kier molecular flexibility index (Phi) is 3.16. The largest absolute Gasteiger partial charge is 0.253 e. The van der Waals surface area contributed by atoms with Crippen LogP contribution in [0.3, 0.4) is 0 Å². The summed E-state index contributed by atoms with van der Waals surface area (Å²) in [7, 11) is 0. The van der Waals surface area contributed by atoms with E-state index in [1.807, 2.05) is 19.1 Å². The number of aryl methyl sites for hydroxylation is 1. The van der Waals surface area contributed by atoms with Gasteiger partial charge in [-0.1, -0.05) is 12.1 Å². The van der Waals surface area contributed by atoms with Crippen LogP contribution in [-0.2, 0) is 5.75 Å². The summed E-state index contributed by atoms with van der Waals surface area (Å²) in [4.78, 5) is 8.36. The molecule has 0 bridgehead atoms. The number of nitrogens with zero attached hydrogens (tertiary/aromatic N) is 4. The zero-order chi connectivity index (χ0) is 13.2. The molecule has 3 rings (SSSR count). The van der Waals surface area contributed by atoms with Crippen LogP contribution in [0.2, 0.25) is 0 Å². The van der Waals surface area contributed by atoms with Gasteiger partial charge in [0.25, 0.3) is 5.78 Å². The van der Waals surface area contributed by atoms with E-state index in [4.69, 9.17) is 0 Å². The lowest BCUT2D eigenvalue weighted by molar-refractivity contribution is 0.626. The Morgan fingerprint density at radius 3 is 3.05 bits per heavy atom. The van der Waals surface area contributed by atoms with Crippen LogP contribution in [0.5, 0.6) is 0 Å². The Morgan fingerprint density at radius 1 is 1.32 bits per heavy atom. The maximum atomic E-state index is 13.1. The summed E-state index contributed by atoms with van der Waals surface area (Å²) in [5, 5.41) is 5.09. The molecule has 4 nitrogen and oxygen atoms in total. The van der Waals surface area contributed by atoms with Gasteiger partial charge in [0.15, 0.2) is 0 Å². The Balaban J connectivity index is 1.87. The first-order valence-corrected chi connectivity index (χ1v) is 6.75. The number of aromatic nitrogens is 4. The number of fused-ring (bicyclic) bond motifs is 1. The van der Waals surface area contributed by atoms with E-state index in [2.05, 4.69) is 15.1 Å². The molecule has 0 radical (unpaired) electrons. The van der Waals surface area contributed by atoms with Crippen LogP contribution in [0, 0.1) is 12.7 Å². The van der Waals surface area contributed by atoms with Crippen molar-refractivity contribution in [3.05, 3.63) is 53.7 Å². The molecule has 0 amide bonds. The summed E-state index contributed by atoms with van der Waals surface area (Å²) < 4.78 is 14.8. The van der Waals surface area contributed by atoms with Crippen LogP contribution < -0.4 is 0 Å². The van der Waals surface area contributed by atoms with Gasteiger partial charge >= 0.3 is 0 Å². The molecule has 0 aliphatic carbocycles. The third kappa shape index (κ3) is 2.58. The minimum atomic E-state index is -0.213. The lowest BCUT2D eigenvalue weighted by Crippen LogP contribution is -1.97. The molecule has 19 heavy (non-hydrogen) atoms. The molecule has 2 heterocycles. The molecule has 2 aromatic heterocycles. The molecule has 0 saturated carbocycles. The first kappa shape index (κ1) is 12.1. The van der Waals surface area contributed by atoms with Crippen molar-refractivity contribution in [1.29, 1.82) is 0 Å². The predicted octanol–water partition coefficient (Wildman–Crippen LogP) is 2.86. The number of benzene rings is 1. The van der Waals surface area contributed by atoms with Gasteiger partial charge in [0, 0.05) is 11.4 Å². The highest BCUT2D eigenvalue weighted by Gasteiger charge is 2.06. The third-order valence-corrected chi connectivity index (χ3v) is 3.69. The molecule has 6 heteroatoms. The summed E-state index contributed by atoms with van der Waals surface area (Å²) in [6.45, 7) is 1.92. The van der Waals surface area contributed by atoms with Crippen molar-refractivity contribution in [3.63, 3.8) is 0 Å². The molecule has 1 aromatic carbocycles. The minimum absolute atomic E-state index is 0.213. The van der Waals surface area contributed by atoms with E-state index in [1.54, 1.807) is 28.4 Å². The third-order valence-electron chi connectivity index (χ3n) is 2.62. The van der Waals surface area contributed by atoms with Crippen molar-refractivity contribution in [2.75, 3.05) is 0 Å². The SMILES string of the molecule is Cc1cc(SCc2cccc(F)c2)n2ncnc2n1. The second-order valence-electron chi connectivity index (χ2n) is 4.13. The van der Waals surface area contributed by atoms with Gasteiger partial charge in [-0.05, 0) is 30.7 Å². The molecule has 96 valence electrons. The van der Waals surface area contributed by atoms with Gasteiger partial charge in [-0.15, -0.1) is 11.8 Å². The van der Waals surface area contributed by atoms with Crippen LogP contribution in [-0.4, -0.2) is 19.6 Å². The van der Waals surface area contributed by atoms with E-state index in [0.717, 1.165) is 16.3 Å². The zero-order valence-electron chi connectivity index (χ0n) is 10.2. The summed E-state index contributed by atoms with van der Waals surface area (Å²) in [6, 6.07) is 8.56. The van der Waals surface area contributed by atoms with Crippen molar-refractivity contribution < 1.29 is 4.39 Å². The maximum Gasteiger partial charge on any atom is 0.253 e. The fourth-order valence-corrected chi connectivity index (χ4v) is 2.78. The first-order chi connectivity index (χ1) is 9.22. The average molecular weight is 274 g/mol. The van der Waals surface area contributed by atoms with Gasteiger partial charge in [-0.3, -0.25) is 0 Å². The first-order valence-electron chi connectivity index (χ1n) is 5.77. The molecule has 0 atom stereocenters. The topological polar surface area (TPSA) is 43.1 Å². The van der Waals surface area contributed by atoms with E-state index in [0.29, 0.717) is 11.5 Å². The molecular formula is C13H11FN4S. The van der Waals surface area contributed by atoms with Crippen molar-refractivity contribution in [2.24, 2.45) is 0 Å². The fraction of sp³-hybridized carbons (Fsp3) is 0.154. The number of rotatable bonds is 3. The quantitative estimate of drug-likeness (QED) is 0.544. The molecular weight excluding hydrogens is 263 g/mol. The summed E-state index contributed by atoms with van der Waals surface area (Å²) >= 11 is 1.58. The Labute approximate surface area is 113 Å². The van der Waals surface area contributed by atoms with E-state index < -0.39 is 0 Å². The number of hydrogen-bond acceptors (Lipinski definition) is 4. The number of hydrogen-bond donors (Lipinski definition) is 0. The number of halogens is 1. The fourth-order valence-electron chi connectivity index (χ4n) is 1.78. The van der Waals surface area contributed by atoms with Crippen molar-refractivity contribution in [2.45, 2.75) is 17.7 Å². The smallest absolute Gasteiger partial charge is 0.216 e. The van der Waals surface area contributed by atoms with E-state index in [9.17, 15) is 4.39 Å². The van der Waals surface area contributed by atoms with Crippen molar-refractivity contribution >= 4 is 17.5 Å². The molecule has 0 unspecified atom stereocenters.